The van der Waals surface area contributed by atoms with Crippen molar-refractivity contribution in [3.05, 3.63) is 0 Å². The molecule has 18 heavy (non-hydrogen) atoms. The van der Waals surface area contributed by atoms with E-state index >= 15 is 0 Å². The highest BCUT2D eigenvalue weighted by atomic mass is 16.5. The van der Waals surface area contributed by atoms with Crippen LogP contribution in [0.4, 0.5) is 0 Å². The fourth-order valence-corrected chi connectivity index (χ4v) is 2.03. The monoisotopic (exact) mass is 260 g/mol. The lowest BCUT2D eigenvalue weighted by atomic mass is 10.2. The van der Waals surface area contributed by atoms with E-state index in [1.807, 2.05) is 0 Å². The summed E-state index contributed by atoms with van der Waals surface area (Å²) in [5.74, 6) is 0. The van der Waals surface area contributed by atoms with Crippen molar-refractivity contribution < 1.29 is 14.0 Å². The van der Waals surface area contributed by atoms with Gasteiger partial charge in [0.1, 0.15) is 0 Å². The number of unbranched alkanes of at least 4 members (excludes halogenated alkanes) is 2. The second-order valence-corrected chi connectivity index (χ2v) is 5.00. The van der Waals surface area contributed by atoms with E-state index < -0.39 is 0 Å². The Morgan fingerprint density at radius 3 is 1.72 bits per heavy atom. The molecule has 0 bridgehead atoms. The predicted octanol–water partition coefficient (Wildman–Crippen LogP) is 3.43. The first-order valence-electron chi connectivity index (χ1n) is 7.75. The normalized spacial score (nSPS) is 12.0. The Morgan fingerprint density at radius 1 is 0.667 bits per heavy atom. The number of nitrogens with zero attached hydrogens (tertiary/aromatic N) is 1. The van der Waals surface area contributed by atoms with Crippen molar-refractivity contribution in [2.75, 3.05) is 46.2 Å². The molecule has 0 rings (SSSR count). The molecule has 0 radical (unpaired) electrons. The summed E-state index contributed by atoms with van der Waals surface area (Å²) in [6.45, 7) is 16.0. The van der Waals surface area contributed by atoms with E-state index in [1.165, 1.54) is 12.8 Å². The standard InChI is InChI=1S/C15H34NO2/c1-5-12-17-13-10-9-11-14-18-15-16(6-2,7-3)8-4/h5-15H2,1-4H3/q+1. The highest BCUT2D eigenvalue weighted by Crippen LogP contribution is 2.06. The van der Waals surface area contributed by atoms with E-state index in [2.05, 4.69) is 27.7 Å². The molecule has 0 spiro atoms. The summed E-state index contributed by atoms with van der Waals surface area (Å²) < 4.78 is 12.4. The first kappa shape index (κ1) is 17.9. The highest BCUT2D eigenvalue weighted by Gasteiger charge is 2.20. The lowest BCUT2D eigenvalue weighted by Gasteiger charge is -2.35. The van der Waals surface area contributed by atoms with Gasteiger partial charge in [-0.1, -0.05) is 6.92 Å². The fraction of sp³-hybridized carbons (Fsp3) is 1.00. The first-order chi connectivity index (χ1) is 8.74. The van der Waals surface area contributed by atoms with E-state index in [9.17, 15) is 0 Å². The Hall–Kier alpha value is -0.120. The van der Waals surface area contributed by atoms with Crippen molar-refractivity contribution in [2.24, 2.45) is 0 Å². The number of hydrogen-bond acceptors (Lipinski definition) is 2. The van der Waals surface area contributed by atoms with Crippen molar-refractivity contribution >= 4 is 0 Å². The van der Waals surface area contributed by atoms with Crippen LogP contribution in [0.5, 0.6) is 0 Å². The smallest absolute Gasteiger partial charge is 0.183 e. The summed E-state index contributed by atoms with van der Waals surface area (Å²) in [7, 11) is 0. The molecule has 0 unspecified atom stereocenters. The molecule has 0 aliphatic heterocycles. The minimum atomic E-state index is 0.871. The molecule has 0 saturated carbocycles. The highest BCUT2D eigenvalue weighted by molar-refractivity contribution is 4.41. The van der Waals surface area contributed by atoms with Crippen molar-refractivity contribution in [3.63, 3.8) is 0 Å². The minimum absolute atomic E-state index is 0.871. The SMILES string of the molecule is CCCOCCCCCOC[N+](CC)(CC)CC. The molecule has 0 N–H and O–H groups in total. The molecule has 0 aromatic carbocycles. The molecule has 0 saturated heterocycles. The van der Waals surface area contributed by atoms with Gasteiger partial charge in [0.25, 0.3) is 0 Å². The maximum absolute atomic E-state index is 5.83. The number of rotatable bonds is 13. The van der Waals surface area contributed by atoms with Crippen LogP contribution in [0.1, 0.15) is 53.4 Å². The van der Waals surface area contributed by atoms with Gasteiger partial charge >= 0.3 is 0 Å². The van der Waals surface area contributed by atoms with Gasteiger partial charge in [-0.2, -0.15) is 0 Å². The zero-order valence-corrected chi connectivity index (χ0v) is 13.0. The van der Waals surface area contributed by atoms with Gasteiger partial charge in [-0.3, -0.25) is 0 Å². The van der Waals surface area contributed by atoms with Gasteiger partial charge in [-0.25, -0.2) is 0 Å². The largest absolute Gasteiger partial charge is 0.381 e. The van der Waals surface area contributed by atoms with Gasteiger partial charge in [0.15, 0.2) is 6.73 Å². The summed E-state index contributed by atoms with van der Waals surface area (Å²) >= 11 is 0. The van der Waals surface area contributed by atoms with Crippen LogP contribution < -0.4 is 0 Å². The van der Waals surface area contributed by atoms with Crippen LogP contribution in [0.3, 0.4) is 0 Å². The first-order valence-corrected chi connectivity index (χ1v) is 7.75. The average Bonchev–Trinajstić information content (AvgIpc) is 2.42. The van der Waals surface area contributed by atoms with E-state index in [-0.39, 0.29) is 0 Å². The Balaban J connectivity index is 3.38. The van der Waals surface area contributed by atoms with Crippen LogP contribution >= 0.6 is 0 Å². The molecule has 0 aliphatic carbocycles. The quantitative estimate of drug-likeness (QED) is 0.287. The van der Waals surface area contributed by atoms with Crippen molar-refractivity contribution in [2.45, 2.75) is 53.4 Å². The zero-order valence-electron chi connectivity index (χ0n) is 13.0. The number of quaternary nitrogens is 1. The lowest BCUT2D eigenvalue weighted by Crippen LogP contribution is -2.49. The molecular formula is C15H34NO2+. The molecule has 0 aromatic rings. The maximum atomic E-state index is 5.83. The molecular weight excluding hydrogens is 226 g/mol. The topological polar surface area (TPSA) is 18.5 Å². The van der Waals surface area contributed by atoms with Crippen LogP contribution in [0.2, 0.25) is 0 Å². The van der Waals surface area contributed by atoms with Crippen LogP contribution in [-0.4, -0.2) is 50.7 Å². The summed E-state index contributed by atoms with van der Waals surface area (Å²) in [4.78, 5) is 0. The van der Waals surface area contributed by atoms with Gasteiger partial charge in [-0.05, 0) is 46.5 Å². The van der Waals surface area contributed by atoms with E-state index in [4.69, 9.17) is 9.47 Å². The van der Waals surface area contributed by atoms with Crippen LogP contribution in [0.15, 0.2) is 0 Å². The molecule has 3 nitrogen and oxygen atoms in total. The van der Waals surface area contributed by atoms with Gasteiger partial charge in [0, 0.05) is 13.2 Å². The molecule has 110 valence electrons. The summed E-state index contributed by atoms with van der Waals surface area (Å²) in [6.07, 6.45) is 4.66. The minimum Gasteiger partial charge on any atom is -0.381 e. The van der Waals surface area contributed by atoms with Crippen LogP contribution in [0.25, 0.3) is 0 Å². The molecule has 0 heterocycles. The molecule has 0 atom stereocenters. The predicted molar refractivity (Wildman–Crippen MR) is 77.7 cm³/mol. The molecule has 0 aliphatic rings. The average molecular weight is 260 g/mol. The Labute approximate surface area is 114 Å². The summed E-state index contributed by atoms with van der Waals surface area (Å²) in [5.41, 5.74) is 0. The summed E-state index contributed by atoms with van der Waals surface area (Å²) in [6, 6.07) is 0. The second kappa shape index (κ2) is 11.9. The zero-order chi connectivity index (χ0) is 13.7. The van der Waals surface area contributed by atoms with Crippen molar-refractivity contribution in [3.8, 4) is 0 Å². The van der Waals surface area contributed by atoms with Gasteiger partial charge < -0.3 is 14.0 Å². The lowest BCUT2D eigenvalue weighted by molar-refractivity contribution is -0.941. The van der Waals surface area contributed by atoms with Crippen molar-refractivity contribution in [1.82, 2.24) is 0 Å². The Bertz CT molecular complexity index is 162. The van der Waals surface area contributed by atoms with Crippen LogP contribution in [0, 0.1) is 0 Å². The second-order valence-electron chi connectivity index (χ2n) is 5.00. The third-order valence-electron chi connectivity index (χ3n) is 3.80. The van der Waals surface area contributed by atoms with E-state index in [0.29, 0.717) is 0 Å². The third-order valence-corrected chi connectivity index (χ3v) is 3.80. The summed E-state index contributed by atoms with van der Waals surface area (Å²) in [5, 5.41) is 0. The molecule has 0 amide bonds. The Morgan fingerprint density at radius 2 is 1.22 bits per heavy atom. The van der Waals surface area contributed by atoms with E-state index in [1.54, 1.807) is 0 Å². The van der Waals surface area contributed by atoms with Crippen molar-refractivity contribution in [1.29, 1.82) is 0 Å². The Kier molecular flexibility index (Phi) is 11.9. The maximum Gasteiger partial charge on any atom is 0.183 e. The molecule has 0 fully saturated rings. The van der Waals surface area contributed by atoms with Crippen LogP contribution in [-0.2, 0) is 9.47 Å². The molecule has 0 aromatic heterocycles. The van der Waals surface area contributed by atoms with E-state index in [0.717, 1.165) is 63.5 Å². The fourth-order valence-electron chi connectivity index (χ4n) is 2.03. The number of hydrogen-bond donors (Lipinski definition) is 0. The molecule has 3 heteroatoms. The van der Waals surface area contributed by atoms with Gasteiger partial charge in [-0.15, -0.1) is 0 Å². The van der Waals surface area contributed by atoms with Gasteiger partial charge in [0.2, 0.25) is 0 Å². The third kappa shape index (κ3) is 8.06. The van der Waals surface area contributed by atoms with Gasteiger partial charge in [0.05, 0.1) is 26.2 Å². The number of ether oxygens (including phenoxy) is 2.